The molecule has 0 radical (unpaired) electrons. The molecular formula is C19H25NO6. The molecule has 0 spiro atoms. The van der Waals surface area contributed by atoms with Crippen molar-refractivity contribution < 1.29 is 28.5 Å². The van der Waals surface area contributed by atoms with E-state index in [1.807, 2.05) is 13.8 Å². The van der Waals surface area contributed by atoms with Gasteiger partial charge in [0.15, 0.2) is 18.1 Å². The van der Waals surface area contributed by atoms with Gasteiger partial charge in [-0.25, -0.2) is 4.79 Å². The molecule has 1 amide bonds. The standard InChI is InChI=1S/C19H25NO6/c1-13-10-20(11-14(2)26-13)17(21)12-25-18(22)9-8-15-6-5-7-16(23-3)19(15)24-4/h5-9,13-14H,10-12H2,1-4H3/b9-8+/t13-,14-/m0/s1. The molecule has 0 aromatic heterocycles. The third kappa shape index (κ3) is 5.23. The normalized spacial score (nSPS) is 20.1. The fraction of sp³-hybridized carbons (Fsp3) is 0.474. The van der Waals surface area contributed by atoms with Gasteiger partial charge in [0.25, 0.3) is 5.91 Å². The average Bonchev–Trinajstić information content (AvgIpc) is 2.62. The Morgan fingerprint density at radius 3 is 2.50 bits per heavy atom. The monoisotopic (exact) mass is 363 g/mol. The highest BCUT2D eigenvalue weighted by Gasteiger charge is 2.26. The Morgan fingerprint density at radius 2 is 1.88 bits per heavy atom. The third-order valence-electron chi connectivity index (χ3n) is 3.94. The molecule has 0 saturated carbocycles. The molecule has 1 fully saturated rings. The van der Waals surface area contributed by atoms with E-state index in [9.17, 15) is 9.59 Å². The van der Waals surface area contributed by atoms with Crippen molar-refractivity contribution in [2.45, 2.75) is 26.1 Å². The first kappa shape index (κ1) is 19.8. The summed E-state index contributed by atoms with van der Waals surface area (Å²) in [6, 6.07) is 5.33. The minimum absolute atomic E-state index is 0.0289. The number of amides is 1. The summed E-state index contributed by atoms with van der Waals surface area (Å²) in [5, 5.41) is 0. The van der Waals surface area contributed by atoms with Crippen molar-refractivity contribution in [3.63, 3.8) is 0 Å². The number of esters is 1. The second-order valence-electron chi connectivity index (χ2n) is 6.08. The van der Waals surface area contributed by atoms with Crippen LogP contribution in [0.3, 0.4) is 0 Å². The van der Waals surface area contributed by atoms with Crippen LogP contribution in [0.1, 0.15) is 19.4 Å². The van der Waals surface area contributed by atoms with E-state index in [-0.39, 0.29) is 24.7 Å². The highest BCUT2D eigenvalue weighted by Crippen LogP contribution is 2.31. The first-order valence-corrected chi connectivity index (χ1v) is 8.43. The minimum Gasteiger partial charge on any atom is -0.493 e. The lowest BCUT2D eigenvalue weighted by Gasteiger charge is -2.35. The van der Waals surface area contributed by atoms with Gasteiger partial charge in [-0.3, -0.25) is 4.79 Å². The van der Waals surface area contributed by atoms with Crippen molar-refractivity contribution in [3.05, 3.63) is 29.8 Å². The van der Waals surface area contributed by atoms with Crippen LogP contribution < -0.4 is 9.47 Å². The fourth-order valence-corrected chi connectivity index (χ4v) is 2.85. The van der Waals surface area contributed by atoms with Crippen LogP contribution in [0.2, 0.25) is 0 Å². The molecule has 0 unspecified atom stereocenters. The van der Waals surface area contributed by atoms with Gasteiger partial charge in [-0.05, 0) is 26.0 Å². The first-order valence-electron chi connectivity index (χ1n) is 8.43. The molecule has 1 aromatic rings. The molecular weight excluding hydrogens is 338 g/mol. The van der Waals surface area contributed by atoms with E-state index >= 15 is 0 Å². The number of hydrogen-bond donors (Lipinski definition) is 0. The Bertz CT molecular complexity index is 662. The number of carbonyl (C=O) groups is 2. The van der Waals surface area contributed by atoms with Gasteiger partial charge in [-0.1, -0.05) is 12.1 Å². The summed E-state index contributed by atoms with van der Waals surface area (Å²) < 4.78 is 21.1. The lowest BCUT2D eigenvalue weighted by Crippen LogP contribution is -2.49. The minimum atomic E-state index is -0.599. The second-order valence-corrected chi connectivity index (χ2v) is 6.08. The quantitative estimate of drug-likeness (QED) is 0.568. The van der Waals surface area contributed by atoms with Crippen LogP contribution in [-0.2, 0) is 19.1 Å². The van der Waals surface area contributed by atoms with Crippen LogP contribution in [0.15, 0.2) is 24.3 Å². The van der Waals surface area contributed by atoms with Gasteiger partial charge in [0, 0.05) is 24.7 Å². The van der Waals surface area contributed by atoms with Crippen LogP contribution in [-0.4, -0.2) is 62.9 Å². The largest absolute Gasteiger partial charge is 0.493 e. The van der Waals surface area contributed by atoms with Gasteiger partial charge >= 0.3 is 5.97 Å². The van der Waals surface area contributed by atoms with Crippen molar-refractivity contribution in [2.24, 2.45) is 0 Å². The van der Waals surface area contributed by atoms with Crippen LogP contribution >= 0.6 is 0 Å². The van der Waals surface area contributed by atoms with Crippen LogP contribution in [0.5, 0.6) is 11.5 Å². The predicted octanol–water partition coefficient (Wildman–Crippen LogP) is 1.90. The van der Waals surface area contributed by atoms with Gasteiger partial charge in [-0.2, -0.15) is 0 Å². The van der Waals surface area contributed by atoms with E-state index in [1.165, 1.54) is 13.2 Å². The Kier molecular flexibility index (Phi) is 7.03. The predicted molar refractivity (Wildman–Crippen MR) is 96.1 cm³/mol. The number of para-hydroxylation sites is 1. The molecule has 1 aliphatic heterocycles. The molecule has 1 heterocycles. The number of benzene rings is 1. The van der Waals surface area contributed by atoms with E-state index in [1.54, 1.807) is 36.3 Å². The summed E-state index contributed by atoms with van der Waals surface area (Å²) in [6.45, 7) is 4.52. The Hall–Kier alpha value is -2.54. The number of rotatable bonds is 6. The maximum atomic E-state index is 12.2. The van der Waals surface area contributed by atoms with Gasteiger partial charge in [0.2, 0.25) is 0 Å². The molecule has 7 heteroatoms. The van der Waals surface area contributed by atoms with Crippen LogP contribution in [0.25, 0.3) is 6.08 Å². The number of hydrogen-bond acceptors (Lipinski definition) is 6. The zero-order valence-electron chi connectivity index (χ0n) is 15.6. The molecule has 7 nitrogen and oxygen atoms in total. The number of carbonyl (C=O) groups excluding carboxylic acids is 2. The molecule has 2 atom stereocenters. The van der Waals surface area contributed by atoms with Crippen molar-refractivity contribution in [3.8, 4) is 11.5 Å². The highest BCUT2D eigenvalue weighted by atomic mass is 16.5. The second kappa shape index (κ2) is 9.24. The van der Waals surface area contributed by atoms with Gasteiger partial charge in [0.05, 0.1) is 26.4 Å². The number of morpholine rings is 1. The van der Waals surface area contributed by atoms with Gasteiger partial charge in [0.1, 0.15) is 0 Å². The molecule has 1 saturated heterocycles. The molecule has 0 aliphatic carbocycles. The summed E-state index contributed by atoms with van der Waals surface area (Å²) in [6.07, 6.45) is 2.76. The molecule has 0 N–H and O–H groups in total. The van der Waals surface area contributed by atoms with Gasteiger partial charge in [-0.15, -0.1) is 0 Å². The van der Waals surface area contributed by atoms with Crippen molar-refractivity contribution in [2.75, 3.05) is 33.9 Å². The topological polar surface area (TPSA) is 74.3 Å². The molecule has 1 aliphatic rings. The molecule has 142 valence electrons. The Balaban J connectivity index is 1.91. The average molecular weight is 363 g/mol. The molecule has 1 aromatic carbocycles. The van der Waals surface area contributed by atoms with E-state index in [0.717, 1.165) is 0 Å². The number of nitrogens with zero attached hydrogens (tertiary/aromatic N) is 1. The van der Waals surface area contributed by atoms with Crippen molar-refractivity contribution >= 4 is 18.0 Å². The van der Waals surface area contributed by atoms with Crippen LogP contribution in [0, 0.1) is 0 Å². The highest BCUT2D eigenvalue weighted by molar-refractivity contribution is 5.90. The molecule has 2 rings (SSSR count). The fourth-order valence-electron chi connectivity index (χ4n) is 2.85. The first-order chi connectivity index (χ1) is 12.4. The summed E-state index contributed by atoms with van der Waals surface area (Å²) in [4.78, 5) is 25.7. The third-order valence-corrected chi connectivity index (χ3v) is 3.94. The van der Waals surface area contributed by atoms with E-state index in [0.29, 0.717) is 30.2 Å². The summed E-state index contributed by atoms with van der Waals surface area (Å²) >= 11 is 0. The molecule has 0 bridgehead atoms. The van der Waals surface area contributed by atoms with Gasteiger partial charge < -0.3 is 23.8 Å². The van der Waals surface area contributed by atoms with E-state index in [2.05, 4.69) is 0 Å². The zero-order chi connectivity index (χ0) is 19.1. The molecule has 26 heavy (non-hydrogen) atoms. The Labute approximate surface area is 153 Å². The van der Waals surface area contributed by atoms with Crippen molar-refractivity contribution in [1.82, 2.24) is 4.90 Å². The summed E-state index contributed by atoms with van der Waals surface area (Å²) in [7, 11) is 3.06. The zero-order valence-corrected chi connectivity index (χ0v) is 15.6. The lowest BCUT2D eigenvalue weighted by atomic mass is 10.1. The maximum Gasteiger partial charge on any atom is 0.331 e. The smallest absolute Gasteiger partial charge is 0.331 e. The van der Waals surface area contributed by atoms with E-state index in [4.69, 9.17) is 18.9 Å². The maximum absolute atomic E-state index is 12.2. The summed E-state index contributed by atoms with van der Waals surface area (Å²) in [5.74, 6) is 0.255. The van der Waals surface area contributed by atoms with Crippen molar-refractivity contribution in [1.29, 1.82) is 0 Å². The van der Waals surface area contributed by atoms with Crippen LogP contribution in [0.4, 0.5) is 0 Å². The Morgan fingerprint density at radius 1 is 1.19 bits per heavy atom. The number of ether oxygens (including phenoxy) is 4. The number of methoxy groups -OCH3 is 2. The van der Waals surface area contributed by atoms with E-state index < -0.39 is 5.97 Å². The SMILES string of the molecule is COc1cccc(/C=C/C(=O)OCC(=O)N2C[C@H](C)O[C@@H](C)C2)c1OC. The lowest BCUT2D eigenvalue weighted by molar-refractivity contribution is -0.154. The summed E-state index contributed by atoms with van der Waals surface area (Å²) in [5.41, 5.74) is 0.672.